The third-order valence-electron chi connectivity index (χ3n) is 15.2. The normalized spacial score (nSPS) is 24.1. The van der Waals surface area contributed by atoms with Gasteiger partial charge >= 0.3 is 11.9 Å². The van der Waals surface area contributed by atoms with Gasteiger partial charge in [0.2, 0.25) is 11.8 Å². The molecular weight excluding hydrogens is 865 g/mol. The number of imide groups is 2. The largest absolute Gasteiger partial charge is 0.481 e. The molecule has 0 aromatic heterocycles. The monoisotopic (exact) mass is 920 g/mol. The Morgan fingerprint density at radius 3 is 1.09 bits per heavy atom. The van der Waals surface area contributed by atoms with Gasteiger partial charge in [0.15, 0.2) is 0 Å². The Hall–Kier alpha value is -6.96. The fraction of sp³-hybridized carbons (Fsp3) is 0.407. The van der Waals surface area contributed by atoms with Crippen LogP contribution in [0.15, 0.2) is 97.1 Å². The van der Waals surface area contributed by atoms with Crippen molar-refractivity contribution in [3.8, 4) is 0 Å². The molecule has 6 atom stereocenters. The lowest BCUT2D eigenvalue weighted by atomic mass is 9.77. The average molecular weight is 921 g/mol. The zero-order valence-electron chi connectivity index (χ0n) is 38.0. The summed E-state index contributed by atoms with van der Waals surface area (Å²) in [5, 5.41) is 19.4. The number of carbonyl (C=O) groups excluding carboxylic acids is 6. The van der Waals surface area contributed by atoms with Gasteiger partial charge < -0.3 is 20.0 Å². The molecule has 4 aliphatic heterocycles. The highest BCUT2D eigenvalue weighted by Gasteiger charge is 2.44. The van der Waals surface area contributed by atoms with Gasteiger partial charge in [-0.25, -0.2) is 0 Å². The Morgan fingerprint density at radius 2 is 0.750 bits per heavy atom. The average Bonchev–Trinajstić information content (AvgIpc) is 3.76. The molecule has 4 heterocycles. The lowest BCUT2D eigenvalue weighted by Gasteiger charge is -2.41. The van der Waals surface area contributed by atoms with Crippen molar-refractivity contribution in [2.45, 2.75) is 89.1 Å². The van der Waals surface area contributed by atoms with E-state index in [9.17, 15) is 48.6 Å². The fourth-order valence-electron chi connectivity index (χ4n) is 11.7. The van der Waals surface area contributed by atoms with Gasteiger partial charge in [-0.2, -0.15) is 0 Å². The summed E-state index contributed by atoms with van der Waals surface area (Å²) in [7, 11) is 0. The van der Waals surface area contributed by atoms with E-state index in [1.54, 1.807) is 48.5 Å². The molecule has 2 fully saturated rings. The van der Waals surface area contributed by atoms with E-state index < -0.39 is 35.6 Å². The minimum Gasteiger partial charge on any atom is -0.481 e. The number of fused-ring (bicyclic) bond motifs is 4. The number of benzene rings is 4. The summed E-state index contributed by atoms with van der Waals surface area (Å²) < 4.78 is 0. The Morgan fingerprint density at radius 1 is 0.441 bits per heavy atom. The molecule has 0 unspecified atom stereocenters. The molecule has 0 saturated heterocycles. The molecule has 0 spiro atoms. The summed E-state index contributed by atoms with van der Waals surface area (Å²) in [6, 6.07) is 28.9. The molecular formula is C54H56N4O10. The number of hydrogen-bond donors (Lipinski definition) is 2. The van der Waals surface area contributed by atoms with Gasteiger partial charge in [-0.1, -0.05) is 98.5 Å². The number of rotatable bonds is 10. The number of carboxylic acid groups (broad SMARTS) is 2. The maximum atomic E-state index is 13.7. The molecule has 6 aliphatic rings. The number of aliphatic carboxylic acids is 2. The smallest absolute Gasteiger partial charge is 0.307 e. The predicted molar refractivity (Wildman–Crippen MR) is 248 cm³/mol. The molecule has 0 radical (unpaired) electrons. The van der Waals surface area contributed by atoms with Gasteiger partial charge in [0.1, 0.15) is 0 Å². The number of carbonyl (C=O) groups is 8. The van der Waals surface area contributed by atoms with E-state index >= 15 is 0 Å². The van der Waals surface area contributed by atoms with E-state index in [-0.39, 0.29) is 60.6 Å². The van der Waals surface area contributed by atoms with Crippen LogP contribution >= 0.6 is 0 Å². The fourth-order valence-corrected chi connectivity index (χ4v) is 11.7. The molecule has 2 saturated carbocycles. The minimum absolute atomic E-state index is 0.117. The molecule has 2 N–H and O–H groups in total. The lowest BCUT2D eigenvalue weighted by Crippen LogP contribution is -2.47. The molecule has 6 amide bonds. The first-order valence-electron chi connectivity index (χ1n) is 24.1. The SMILES string of the molecule is O=C(O)[C@H]1CCCC[C@H]1C(=O)N1CCc2ccccc2[C@@H]1CCN1C(=O)c2ccccc2C1=O.O=C(O)[C@H]1CCCC[C@H]1C(=O)N1CCc2ccccc2[C@H]1CCN1C(=O)c2ccccc2C1=O. The van der Waals surface area contributed by atoms with E-state index in [0.29, 0.717) is 86.7 Å². The van der Waals surface area contributed by atoms with Crippen LogP contribution in [0.2, 0.25) is 0 Å². The zero-order chi connectivity index (χ0) is 47.6. The zero-order valence-corrected chi connectivity index (χ0v) is 38.0. The second-order valence-corrected chi connectivity index (χ2v) is 18.9. The van der Waals surface area contributed by atoms with Gasteiger partial charge in [-0.15, -0.1) is 0 Å². The molecule has 4 aromatic rings. The number of hydrogen-bond acceptors (Lipinski definition) is 8. The topological polar surface area (TPSA) is 190 Å². The quantitative estimate of drug-likeness (QED) is 0.152. The van der Waals surface area contributed by atoms with Crippen LogP contribution in [-0.4, -0.2) is 103 Å². The van der Waals surface area contributed by atoms with Crippen LogP contribution in [0.5, 0.6) is 0 Å². The summed E-state index contributed by atoms with van der Waals surface area (Å²) in [4.78, 5) is 109. The Labute approximate surface area is 394 Å². The van der Waals surface area contributed by atoms with Crippen molar-refractivity contribution in [1.82, 2.24) is 19.6 Å². The van der Waals surface area contributed by atoms with E-state index in [2.05, 4.69) is 0 Å². The summed E-state index contributed by atoms with van der Waals surface area (Å²) in [5.41, 5.74) is 5.98. The van der Waals surface area contributed by atoms with Crippen molar-refractivity contribution in [2.24, 2.45) is 23.7 Å². The minimum atomic E-state index is -0.905. The predicted octanol–water partition coefficient (Wildman–Crippen LogP) is 7.38. The second-order valence-electron chi connectivity index (χ2n) is 18.9. The highest BCUT2D eigenvalue weighted by molar-refractivity contribution is 6.22. The first kappa shape index (κ1) is 46.2. The van der Waals surface area contributed by atoms with Crippen LogP contribution < -0.4 is 0 Å². The molecule has 352 valence electrons. The van der Waals surface area contributed by atoms with E-state index in [1.165, 1.54) is 9.80 Å². The maximum absolute atomic E-state index is 13.7. The van der Waals surface area contributed by atoms with E-state index in [0.717, 1.165) is 47.9 Å². The van der Waals surface area contributed by atoms with Crippen LogP contribution in [0.4, 0.5) is 0 Å². The van der Waals surface area contributed by atoms with Crippen LogP contribution in [0.3, 0.4) is 0 Å². The van der Waals surface area contributed by atoms with Crippen molar-refractivity contribution < 1.29 is 48.6 Å². The third-order valence-corrected chi connectivity index (χ3v) is 15.2. The first-order valence-corrected chi connectivity index (χ1v) is 24.1. The molecule has 4 aromatic carbocycles. The highest BCUT2D eigenvalue weighted by Crippen LogP contribution is 2.41. The molecule has 14 heteroatoms. The highest BCUT2D eigenvalue weighted by atomic mass is 16.4. The molecule has 2 aliphatic carbocycles. The third kappa shape index (κ3) is 8.72. The number of amides is 6. The van der Waals surface area contributed by atoms with Crippen LogP contribution in [-0.2, 0) is 32.0 Å². The van der Waals surface area contributed by atoms with Gasteiger partial charge in [-0.05, 0) is 97.9 Å². The standard InChI is InChI=1S/2C27H28N2O5/c2*30-24(21-11-5-6-12-22(21)27(33)34)28-15-13-17-7-1-2-8-18(17)23(28)14-16-29-25(31)19-9-3-4-10-20(19)26(29)32/h2*1-4,7-10,21-23H,5-6,11-16H2,(H,33,34)/t21-,22+,23+;21-,22+,23-/m11/s1. The van der Waals surface area contributed by atoms with Gasteiger partial charge in [0, 0.05) is 26.2 Å². The maximum Gasteiger partial charge on any atom is 0.307 e. The van der Waals surface area contributed by atoms with E-state index in [1.807, 2.05) is 58.3 Å². The molecule has 0 bridgehead atoms. The Balaban J connectivity index is 0.000000170. The van der Waals surface area contributed by atoms with Crippen molar-refractivity contribution >= 4 is 47.4 Å². The van der Waals surface area contributed by atoms with Gasteiger partial charge in [-0.3, -0.25) is 48.2 Å². The summed E-state index contributed by atoms with van der Waals surface area (Å²) in [6.45, 7) is 1.40. The van der Waals surface area contributed by atoms with Crippen LogP contribution in [0, 0.1) is 23.7 Å². The summed E-state index contributed by atoms with van der Waals surface area (Å²) in [6.07, 6.45) is 7.81. The van der Waals surface area contributed by atoms with E-state index in [4.69, 9.17) is 0 Å². The van der Waals surface area contributed by atoms with Crippen molar-refractivity contribution in [2.75, 3.05) is 26.2 Å². The van der Waals surface area contributed by atoms with Gasteiger partial charge in [0.25, 0.3) is 23.6 Å². The van der Waals surface area contributed by atoms with Crippen LogP contribution in [0.25, 0.3) is 0 Å². The summed E-state index contributed by atoms with van der Waals surface area (Å²) >= 11 is 0. The second kappa shape index (κ2) is 19.7. The van der Waals surface area contributed by atoms with Crippen LogP contribution in [0.1, 0.15) is 140 Å². The van der Waals surface area contributed by atoms with Crippen molar-refractivity contribution in [3.05, 3.63) is 142 Å². The molecule has 14 nitrogen and oxygen atoms in total. The lowest BCUT2D eigenvalue weighted by molar-refractivity contribution is -0.153. The Kier molecular flexibility index (Phi) is 13.4. The first-order chi connectivity index (χ1) is 32.9. The summed E-state index contributed by atoms with van der Waals surface area (Å²) in [5.74, 6) is -5.63. The Bertz CT molecular complexity index is 2430. The van der Waals surface area contributed by atoms with Crippen molar-refractivity contribution in [1.29, 1.82) is 0 Å². The number of carboxylic acids is 2. The molecule has 68 heavy (non-hydrogen) atoms. The molecule has 10 rings (SSSR count). The van der Waals surface area contributed by atoms with Crippen molar-refractivity contribution in [3.63, 3.8) is 0 Å². The number of nitrogens with zero attached hydrogens (tertiary/aromatic N) is 4. The van der Waals surface area contributed by atoms with Gasteiger partial charge in [0.05, 0.1) is 58.0 Å².